The van der Waals surface area contributed by atoms with E-state index in [0.717, 1.165) is 23.9 Å². The summed E-state index contributed by atoms with van der Waals surface area (Å²) >= 11 is 0. The lowest BCUT2D eigenvalue weighted by Gasteiger charge is -2.42. The number of amides is 1. The van der Waals surface area contributed by atoms with Crippen molar-refractivity contribution in [1.82, 2.24) is 15.6 Å². The highest BCUT2D eigenvalue weighted by molar-refractivity contribution is 5.89. The third-order valence-electron chi connectivity index (χ3n) is 5.07. The fourth-order valence-corrected chi connectivity index (χ4v) is 3.90. The Morgan fingerprint density at radius 1 is 1.56 bits per heavy atom. The molecule has 7 heteroatoms. The average Bonchev–Trinajstić information content (AvgIpc) is 2.67. The van der Waals surface area contributed by atoms with E-state index < -0.39 is 11.6 Å². The molecule has 0 saturated carbocycles. The van der Waals surface area contributed by atoms with Gasteiger partial charge in [-0.15, -0.1) is 0 Å². The second-order valence-electron chi connectivity index (χ2n) is 7.25. The van der Waals surface area contributed by atoms with Crippen LogP contribution < -0.4 is 16.4 Å². The molecule has 1 fully saturated rings. The first-order valence-electron chi connectivity index (χ1n) is 9.06. The summed E-state index contributed by atoms with van der Waals surface area (Å²) in [4.78, 5) is 17.1. The summed E-state index contributed by atoms with van der Waals surface area (Å²) in [6, 6.07) is 8.93. The van der Waals surface area contributed by atoms with E-state index >= 15 is 0 Å². The molecule has 2 heterocycles. The molecule has 1 aliphatic rings. The van der Waals surface area contributed by atoms with Gasteiger partial charge in [0.1, 0.15) is 12.1 Å². The molecule has 0 radical (unpaired) electrons. The van der Waals surface area contributed by atoms with Crippen LogP contribution in [0.15, 0.2) is 30.5 Å². The summed E-state index contributed by atoms with van der Waals surface area (Å²) in [7, 11) is 1.52. The van der Waals surface area contributed by atoms with Crippen LogP contribution in [0, 0.1) is 17.2 Å². The van der Waals surface area contributed by atoms with Crippen molar-refractivity contribution in [2.75, 3.05) is 26.8 Å². The van der Waals surface area contributed by atoms with Gasteiger partial charge < -0.3 is 21.1 Å². The Morgan fingerprint density at radius 3 is 3.07 bits per heavy atom. The van der Waals surface area contributed by atoms with Crippen LogP contribution >= 0.6 is 0 Å². The zero-order valence-electron chi connectivity index (χ0n) is 15.7. The molecule has 1 aliphatic heterocycles. The molecule has 1 aromatic heterocycles. The van der Waals surface area contributed by atoms with Crippen LogP contribution in [0.4, 0.5) is 0 Å². The molecule has 3 atom stereocenters. The van der Waals surface area contributed by atoms with Crippen molar-refractivity contribution in [3.8, 4) is 6.07 Å². The van der Waals surface area contributed by atoms with E-state index in [2.05, 4.69) is 28.6 Å². The van der Waals surface area contributed by atoms with Gasteiger partial charge in [0, 0.05) is 25.2 Å². The van der Waals surface area contributed by atoms with Crippen LogP contribution in [-0.2, 0) is 15.1 Å². The molecular weight excluding hydrogens is 342 g/mol. The number of piperidine rings is 1. The molecule has 4 N–H and O–H groups in total. The molecule has 142 valence electrons. The molecule has 3 rings (SSSR count). The second-order valence-corrected chi connectivity index (χ2v) is 7.25. The highest BCUT2D eigenvalue weighted by atomic mass is 16.5. The van der Waals surface area contributed by atoms with E-state index in [1.165, 1.54) is 7.11 Å². The Morgan fingerprint density at radius 2 is 2.37 bits per heavy atom. The van der Waals surface area contributed by atoms with Gasteiger partial charge in [0.05, 0.1) is 23.2 Å². The van der Waals surface area contributed by atoms with Crippen molar-refractivity contribution in [2.24, 2.45) is 11.7 Å². The Bertz CT molecular complexity index is 878. The largest absolute Gasteiger partial charge is 0.383 e. The summed E-state index contributed by atoms with van der Waals surface area (Å²) in [6.45, 7) is 3.76. The van der Waals surface area contributed by atoms with Crippen LogP contribution in [0.1, 0.15) is 24.5 Å². The quantitative estimate of drug-likeness (QED) is 0.727. The number of carbonyl (C=O) groups excluding carboxylic acids is 1. The first-order chi connectivity index (χ1) is 13.0. The normalized spacial score (nSPS) is 23.6. The van der Waals surface area contributed by atoms with Gasteiger partial charge in [-0.3, -0.25) is 9.78 Å². The van der Waals surface area contributed by atoms with Gasteiger partial charge in [0.25, 0.3) is 0 Å². The molecule has 0 aliphatic carbocycles. The minimum Gasteiger partial charge on any atom is -0.383 e. The highest BCUT2D eigenvalue weighted by Crippen LogP contribution is 2.36. The molecule has 0 bridgehead atoms. The summed E-state index contributed by atoms with van der Waals surface area (Å²) in [5.74, 6) is 0.106. The van der Waals surface area contributed by atoms with Crippen LogP contribution in [-0.4, -0.2) is 43.7 Å². The number of hydrogen-bond acceptors (Lipinski definition) is 6. The van der Waals surface area contributed by atoms with Crippen molar-refractivity contribution in [1.29, 1.82) is 5.26 Å². The van der Waals surface area contributed by atoms with E-state index in [0.29, 0.717) is 23.5 Å². The first kappa shape index (κ1) is 19.2. The molecule has 1 saturated heterocycles. The maximum Gasteiger partial charge on any atom is 0.240 e. The second kappa shape index (κ2) is 8.01. The van der Waals surface area contributed by atoms with Crippen molar-refractivity contribution < 1.29 is 9.53 Å². The smallest absolute Gasteiger partial charge is 0.240 e. The van der Waals surface area contributed by atoms with Crippen LogP contribution in [0.2, 0.25) is 0 Å². The number of benzene rings is 1. The van der Waals surface area contributed by atoms with Crippen LogP contribution in [0.3, 0.4) is 0 Å². The predicted octanol–water partition coefficient (Wildman–Crippen LogP) is 1.02. The van der Waals surface area contributed by atoms with E-state index in [1.807, 2.05) is 18.2 Å². The number of nitrogens with two attached hydrogens (primary N) is 1. The molecule has 0 spiro atoms. The van der Waals surface area contributed by atoms with Crippen molar-refractivity contribution in [2.45, 2.75) is 24.9 Å². The minimum absolute atomic E-state index is 0.153. The van der Waals surface area contributed by atoms with E-state index in [-0.39, 0.29) is 12.5 Å². The van der Waals surface area contributed by atoms with Crippen molar-refractivity contribution in [3.05, 3.63) is 41.6 Å². The average molecular weight is 367 g/mol. The lowest BCUT2D eigenvalue weighted by Crippen LogP contribution is -2.60. The molecule has 0 unspecified atom stereocenters. The Labute approximate surface area is 158 Å². The Kier molecular flexibility index (Phi) is 5.71. The molecule has 27 heavy (non-hydrogen) atoms. The predicted molar refractivity (Wildman–Crippen MR) is 103 cm³/mol. The summed E-state index contributed by atoms with van der Waals surface area (Å²) in [5.41, 5.74) is 7.44. The number of nitrogens with one attached hydrogen (secondary N) is 2. The molecule has 2 aromatic rings. The number of rotatable bonds is 5. The standard InChI is InChI=1S/C20H25N5O2/c1-13-8-20(12-23-10-13,25-19(26)17(22)11-27-2)16-6-5-14(9-21)18-15(16)4-3-7-24-18/h3-7,13,17,23H,8,10-12,22H2,1-2H3,(H,25,26)/t13-,17-,20-/m0/s1. The number of hydrogen-bond donors (Lipinski definition) is 3. The van der Waals surface area contributed by atoms with Crippen LogP contribution in [0.25, 0.3) is 10.9 Å². The van der Waals surface area contributed by atoms with Crippen molar-refractivity contribution >= 4 is 16.8 Å². The number of fused-ring (bicyclic) bond motifs is 1. The zero-order chi connectivity index (χ0) is 19.4. The number of nitrogens with zero attached hydrogens (tertiary/aromatic N) is 2. The van der Waals surface area contributed by atoms with Gasteiger partial charge in [0.15, 0.2) is 0 Å². The molecule has 7 nitrogen and oxygen atoms in total. The number of aromatic nitrogens is 1. The molecular formula is C20H25N5O2. The fraction of sp³-hybridized carbons (Fsp3) is 0.450. The van der Waals surface area contributed by atoms with Crippen LogP contribution in [0.5, 0.6) is 0 Å². The number of carbonyl (C=O) groups is 1. The van der Waals surface area contributed by atoms with Gasteiger partial charge >= 0.3 is 0 Å². The SMILES string of the molecule is COC[C@H](N)C(=O)N[C@]1(c2ccc(C#N)c3ncccc23)CNC[C@@H](C)C1. The maximum atomic E-state index is 12.7. The Hall–Kier alpha value is -2.53. The lowest BCUT2D eigenvalue weighted by molar-refractivity contribution is -0.126. The summed E-state index contributed by atoms with van der Waals surface area (Å²) in [5, 5.41) is 16.9. The molecule has 1 aromatic carbocycles. The number of ether oxygens (including phenoxy) is 1. The fourth-order valence-electron chi connectivity index (χ4n) is 3.90. The zero-order valence-corrected chi connectivity index (χ0v) is 15.7. The Balaban J connectivity index is 2.11. The molecule has 1 amide bonds. The number of nitriles is 1. The number of pyridine rings is 1. The van der Waals surface area contributed by atoms with Gasteiger partial charge in [0.2, 0.25) is 5.91 Å². The van der Waals surface area contributed by atoms with E-state index in [9.17, 15) is 10.1 Å². The van der Waals surface area contributed by atoms with Gasteiger partial charge in [-0.05, 0) is 36.6 Å². The summed E-state index contributed by atoms with van der Waals surface area (Å²) < 4.78 is 5.03. The van der Waals surface area contributed by atoms with Gasteiger partial charge in [-0.25, -0.2) is 0 Å². The first-order valence-corrected chi connectivity index (χ1v) is 9.06. The summed E-state index contributed by atoms with van der Waals surface area (Å²) in [6.07, 6.45) is 2.44. The third-order valence-corrected chi connectivity index (χ3v) is 5.07. The van der Waals surface area contributed by atoms with Crippen molar-refractivity contribution in [3.63, 3.8) is 0 Å². The van der Waals surface area contributed by atoms with E-state index in [4.69, 9.17) is 10.5 Å². The minimum atomic E-state index is -0.744. The van der Waals surface area contributed by atoms with E-state index in [1.54, 1.807) is 12.3 Å². The van der Waals surface area contributed by atoms with Gasteiger partial charge in [-0.1, -0.05) is 19.1 Å². The lowest BCUT2D eigenvalue weighted by atomic mass is 9.77. The highest BCUT2D eigenvalue weighted by Gasteiger charge is 2.40. The monoisotopic (exact) mass is 367 g/mol. The maximum absolute atomic E-state index is 12.7. The topological polar surface area (TPSA) is 113 Å². The third kappa shape index (κ3) is 3.78. The number of methoxy groups -OCH3 is 1. The van der Waals surface area contributed by atoms with Gasteiger partial charge in [-0.2, -0.15) is 5.26 Å².